The van der Waals surface area contributed by atoms with Crippen molar-refractivity contribution < 1.29 is 14.6 Å². The Morgan fingerprint density at radius 2 is 2.29 bits per heavy atom. The summed E-state index contributed by atoms with van der Waals surface area (Å²) in [6.45, 7) is 3.23. The normalized spacial score (nSPS) is 13.7. The molecule has 1 aromatic heterocycles. The summed E-state index contributed by atoms with van der Waals surface area (Å²) in [5, 5.41) is 9.86. The summed E-state index contributed by atoms with van der Waals surface area (Å²) >= 11 is 0. The van der Waals surface area contributed by atoms with Gasteiger partial charge in [0.25, 0.3) is 0 Å². The predicted octanol–water partition coefficient (Wildman–Crippen LogP) is 0.573. The number of imidazole rings is 1. The predicted molar refractivity (Wildman–Crippen MR) is 49.3 cm³/mol. The van der Waals surface area contributed by atoms with E-state index in [2.05, 4.69) is 9.72 Å². The molecule has 14 heavy (non-hydrogen) atoms. The highest BCUT2D eigenvalue weighted by molar-refractivity contribution is 5.76. The van der Waals surface area contributed by atoms with Crippen LogP contribution in [0.1, 0.15) is 20.1 Å². The molecule has 0 aromatic carbocycles. The second-order valence-electron chi connectivity index (χ2n) is 3.60. The number of ether oxygens (including phenoxy) is 1. The number of methoxy groups -OCH3 is 1. The van der Waals surface area contributed by atoms with Gasteiger partial charge in [-0.2, -0.15) is 0 Å². The van der Waals surface area contributed by atoms with E-state index in [1.807, 2.05) is 0 Å². The monoisotopic (exact) mass is 198 g/mol. The van der Waals surface area contributed by atoms with Gasteiger partial charge in [0.05, 0.1) is 13.4 Å². The van der Waals surface area contributed by atoms with Crippen molar-refractivity contribution in [2.24, 2.45) is 5.41 Å². The number of hydrogen-bond acceptors (Lipinski definition) is 4. The van der Waals surface area contributed by atoms with Gasteiger partial charge in [-0.15, -0.1) is 0 Å². The maximum absolute atomic E-state index is 11.4. The average Bonchev–Trinajstić information content (AvgIpc) is 2.67. The Labute approximate surface area is 82.3 Å². The molecule has 1 rings (SSSR count). The van der Waals surface area contributed by atoms with Gasteiger partial charge in [-0.25, -0.2) is 4.98 Å². The van der Waals surface area contributed by atoms with Gasteiger partial charge >= 0.3 is 5.97 Å². The third-order valence-electron chi connectivity index (χ3n) is 2.16. The van der Waals surface area contributed by atoms with Crippen LogP contribution in [0.2, 0.25) is 0 Å². The van der Waals surface area contributed by atoms with Crippen LogP contribution < -0.4 is 0 Å². The molecule has 5 nitrogen and oxygen atoms in total. The summed E-state index contributed by atoms with van der Waals surface area (Å²) in [6.07, 6.45) is 3.61. The van der Waals surface area contributed by atoms with E-state index in [4.69, 9.17) is 0 Å². The van der Waals surface area contributed by atoms with E-state index >= 15 is 0 Å². The van der Waals surface area contributed by atoms with E-state index in [-0.39, 0.29) is 0 Å². The van der Waals surface area contributed by atoms with Crippen LogP contribution in [0.3, 0.4) is 0 Å². The van der Waals surface area contributed by atoms with Gasteiger partial charge in [0.1, 0.15) is 11.6 Å². The maximum Gasteiger partial charge on any atom is 0.315 e. The minimum atomic E-state index is -0.991. The third-order valence-corrected chi connectivity index (χ3v) is 2.16. The van der Waals surface area contributed by atoms with Crippen molar-refractivity contribution in [1.82, 2.24) is 9.55 Å². The Morgan fingerprint density at radius 1 is 1.64 bits per heavy atom. The number of rotatable bonds is 3. The molecule has 1 heterocycles. The first-order chi connectivity index (χ1) is 6.50. The van der Waals surface area contributed by atoms with Crippen LogP contribution in [0.4, 0.5) is 0 Å². The number of nitrogens with zero attached hydrogens (tertiary/aromatic N) is 2. The molecule has 0 saturated heterocycles. The highest BCUT2D eigenvalue weighted by atomic mass is 16.5. The molecule has 1 aromatic rings. The lowest BCUT2D eigenvalue weighted by Gasteiger charge is -2.27. The number of carbonyl (C=O) groups excluding carboxylic acids is 1. The average molecular weight is 198 g/mol. The number of esters is 1. The zero-order valence-electron chi connectivity index (χ0n) is 8.47. The van der Waals surface area contributed by atoms with Gasteiger partial charge in [-0.3, -0.25) is 4.79 Å². The van der Waals surface area contributed by atoms with E-state index in [1.165, 1.54) is 24.2 Å². The van der Waals surface area contributed by atoms with Crippen molar-refractivity contribution in [1.29, 1.82) is 0 Å². The summed E-state index contributed by atoms with van der Waals surface area (Å²) in [4.78, 5) is 15.1. The van der Waals surface area contributed by atoms with Crippen LogP contribution in [0.15, 0.2) is 18.7 Å². The lowest BCUT2D eigenvalue weighted by Crippen LogP contribution is -2.35. The van der Waals surface area contributed by atoms with E-state index in [1.54, 1.807) is 20.0 Å². The van der Waals surface area contributed by atoms with E-state index in [9.17, 15) is 9.90 Å². The van der Waals surface area contributed by atoms with Crippen molar-refractivity contribution in [2.45, 2.75) is 20.1 Å². The molecule has 1 atom stereocenters. The quantitative estimate of drug-likeness (QED) is 0.721. The van der Waals surface area contributed by atoms with Crippen LogP contribution in [0.25, 0.3) is 0 Å². The standard InChI is InChI=1S/C9H14N2O3/c1-9(2,8(13)14-3)7(12)11-5-4-10-6-11/h4-7,12H,1-3H3. The Morgan fingerprint density at radius 3 is 2.71 bits per heavy atom. The molecule has 1 unspecified atom stereocenters. The van der Waals surface area contributed by atoms with Crippen molar-refractivity contribution >= 4 is 5.97 Å². The number of hydrogen-bond donors (Lipinski definition) is 1. The van der Waals surface area contributed by atoms with Gasteiger partial charge in [-0.1, -0.05) is 0 Å². The highest BCUT2D eigenvalue weighted by Crippen LogP contribution is 2.29. The molecule has 0 bridgehead atoms. The first-order valence-electron chi connectivity index (χ1n) is 4.24. The SMILES string of the molecule is COC(=O)C(C)(C)C(O)n1ccnc1. The van der Waals surface area contributed by atoms with Gasteiger partial charge in [0.2, 0.25) is 0 Å². The molecule has 0 amide bonds. The molecule has 0 radical (unpaired) electrons. The molecule has 0 saturated carbocycles. The highest BCUT2D eigenvalue weighted by Gasteiger charge is 2.37. The summed E-state index contributed by atoms with van der Waals surface area (Å²) in [5.74, 6) is -0.460. The molecule has 0 fully saturated rings. The van der Waals surface area contributed by atoms with Gasteiger partial charge < -0.3 is 14.4 Å². The molecular weight excluding hydrogens is 184 g/mol. The van der Waals surface area contributed by atoms with Crippen molar-refractivity contribution in [3.05, 3.63) is 18.7 Å². The molecule has 5 heteroatoms. The van der Waals surface area contributed by atoms with Gasteiger partial charge in [-0.05, 0) is 13.8 Å². The van der Waals surface area contributed by atoms with Gasteiger partial charge in [0.15, 0.2) is 0 Å². The fourth-order valence-electron chi connectivity index (χ4n) is 1.16. The molecule has 1 N–H and O–H groups in total. The van der Waals surface area contributed by atoms with Crippen molar-refractivity contribution in [2.75, 3.05) is 7.11 Å². The molecule has 0 aliphatic rings. The largest absolute Gasteiger partial charge is 0.468 e. The molecular formula is C9H14N2O3. The molecule has 78 valence electrons. The van der Waals surface area contributed by atoms with E-state index < -0.39 is 17.6 Å². The summed E-state index contributed by atoms with van der Waals surface area (Å²) < 4.78 is 6.06. The van der Waals surface area contributed by atoms with E-state index in [0.29, 0.717) is 0 Å². The van der Waals surface area contributed by atoms with Crippen molar-refractivity contribution in [3.8, 4) is 0 Å². The number of aliphatic hydroxyl groups is 1. The van der Waals surface area contributed by atoms with Crippen LogP contribution in [-0.2, 0) is 9.53 Å². The second-order valence-corrected chi connectivity index (χ2v) is 3.60. The van der Waals surface area contributed by atoms with Crippen LogP contribution in [-0.4, -0.2) is 27.7 Å². The Bertz CT molecular complexity index is 306. The number of aromatic nitrogens is 2. The minimum absolute atomic E-state index is 0.460. The fourth-order valence-corrected chi connectivity index (χ4v) is 1.16. The van der Waals surface area contributed by atoms with Gasteiger partial charge in [0, 0.05) is 12.4 Å². The van der Waals surface area contributed by atoms with Crippen LogP contribution in [0, 0.1) is 5.41 Å². The first-order valence-corrected chi connectivity index (χ1v) is 4.24. The van der Waals surface area contributed by atoms with Crippen LogP contribution in [0.5, 0.6) is 0 Å². The summed E-state index contributed by atoms with van der Waals surface area (Å²) in [5.41, 5.74) is -0.991. The lowest BCUT2D eigenvalue weighted by atomic mass is 9.91. The molecule has 0 aliphatic carbocycles. The zero-order chi connectivity index (χ0) is 10.8. The van der Waals surface area contributed by atoms with Crippen molar-refractivity contribution in [3.63, 3.8) is 0 Å². The summed E-state index contributed by atoms with van der Waals surface area (Å²) in [6, 6.07) is 0. The molecule has 0 spiro atoms. The Balaban J connectivity index is 2.88. The maximum atomic E-state index is 11.4. The fraction of sp³-hybridized carbons (Fsp3) is 0.556. The van der Waals surface area contributed by atoms with E-state index in [0.717, 1.165) is 0 Å². The first kappa shape index (κ1) is 10.7. The Hall–Kier alpha value is -1.36. The lowest BCUT2D eigenvalue weighted by molar-refractivity contribution is -0.161. The number of carbonyl (C=O) groups is 1. The second kappa shape index (κ2) is 3.79. The Kier molecular flexibility index (Phi) is 2.90. The topological polar surface area (TPSA) is 64.3 Å². The zero-order valence-corrected chi connectivity index (χ0v) is 8.47. The third kappa shape index (κ3) is 1.77. The smallest absolute Gasteiger partial charge is 0.315 e. The summed E-state index contributed by atoms with van der Waals surface area (Å²) in [7, 11) is 1.30. The minimum Gasteiger partial charge on any atom is -0.468 e. The number of aliphatic hydroxyl groups excluding tert-OH is 1. The molecule has 0 aliphatic heterocycles. The van der Waals surface area contributed by atoms with Crippen LogP contribution >= 0.6 is 0 Å².